The number of ether oxygens (including phenoxy) is 1. The molecule has 0 spiro atoms. The van der Waals surface area contributed by atoms with Crippen LogP contribution in [0.15, 0.2) is 12.1 Å². The van der Waals surface area contributed by atoms with E-state index in [-0.39, 0.29) is 17.6 Å². The molecule has 3 rings (SSSR count). The maximum absolute atomic E-state index is 14.3. The first-order valence-corrected chi connectivity index (χ1v) is 9.95. The Balaban J connectivity index is 1.87. The van der Waals surface area contributed by atoms with Crippen LogP contribution in [0.5, 0.6) is 5.75 Å². The van der Waals surface area contributed by atoms with E-state index < -0.39 is 21.7 Å². The van der Waals surface area contributed by atoms with E-state index in [0.717, 1.165) is 44.0 Å². The zero-order valence-electron chi connectivity index (χ0n) is 13.5. The van der Waals surface area contributed by atoms with Crippen molar-refractivity contribution >= 4 is 15.9 Å². The van der Waals surface area contributed by atoms with Gasteiger partial charge in [0.2, 0.25) is 10.0 Å². The Morgan fingerprint density at radius 2 is 2.08 bits per heavy atom. The van der Waals surface area contributed by atoms with Crippen molar-refractivity contribution in [3.05, 3.63) is 29.1 Å². The van der Waals surface area contributed by atoms with Crippen molar-refractivity contribution in [2.75, 3.05) is 19.3 Å². The summed E-state index contributed by atoms with van der Waals surface area (Å²) in [4.78, 5) is 12.0. The smallest absolute Gasteiger partial charge is 0.267 e. The number of sulfonamides is 1. The highest BCUT2D eigenvalue weighted by molar-refractivity contribution is 7.89. The maximum Gasteiger partial charge on any atom is 0.267 e. The van der Waals surface area contributed by atoms with Gasteiger partial charge < -0.3 is 10.1 Å². The largest absolute Gasteiger partial charge is 0.489 e. The first-order chi connectivity index (χ1) is 11.3. The van der Waals surface area contributed by atoms with Crippen LogP contribution in [-0.2, 0) is 10.0 Å². The van der Waals surface area contributed by atoms with Gasteiger partial charge in [-0.2, -0.15) is 0 Å². The second-order valence-corrected chi connectivity index (χ2v) is 8.18. The minimum atomic E-state index is -3.74. The highest BCUT2D eigenvalue weighted by atomic mass is 32.2. The summed E-state index contributed by atoms with van der Waals surface area (Å²) in [5.41, 5.74) is 0.511. The first kappa shape index (κ1) is 17.2. The zero-order chi connectivity index (χ0) is 17.3. The number of nitrogens with one attached hydrogen (secondary N) is 2. The van der Waals surface area contributed by atoms with Crippen molar-refractivity contribution < 1.29 is 22.3 Å². The van der Waals surface area contributed by atoms with E-state index in [1.165, 1.54) is 12.1 Å². The first-order valence-electron chi connectivity index (χ1n) is 8.06. The molecule has 0 bridgehead atoms. The average Bonchev–Trinajstić information content (AvgIpc) is 3.31. The highest BCUT2D eigenvalue weighted by Crippen LogP contribution is 2.45. The molecule has 1 saturated heterocycles. The lowest BCUT2D eigenvalue weighted by Crippen LogP contribution is -2.37. The fourth-order valence-corrected chi connectivity index (χ4v) is 3.33. The second kappa shape index (κ2) is 6.68. The van der Waals surface area contributed by atoms with Crippen LogP contribution in [0, 0.1) is 5.82 Å². The SMILES string of the molecule is CS(=O)(=O)NC(=O)c1cc(C2CC2)c(O[C@@H]2CCCNC2)cc1F. The summed E-state index contributed by atoms with van der Waals surface area (Å²) < 4.78 is 44.5. The van der Waals surface area contributed by atoms with Gasteiger partial charge in [-0.1, -0.05) is 0 Å². The van der Waals surface area contributed by atoms with Crippen molar-refractivity contribution in [3.63, 3.8) is 0 Å². The number of amides is 1. The van der Waals surface area contributed by atoms with Crippen LogP contribution < -0.4 is 14.8 Å². The normalized spacial score (nSPS) is 21.3. The van der Waals surface area contributed by atoms with Gasteiger partial charge in [-0.25, -0.2) is 17.5 Å². The van der Waals surface area contributed by atoms with E-state index in [2.05, 4.69) is 5.32 Å². The van der Waals surface area contributed by atoms with Gasteiger partial charge in [-0.05, 0) is 49.8 Å². The number of hydrogen-bond acceptors (Lipinski definition) is 5. The Bertz CT molecular complexity index is 741. The topological polar surface area (TPSA) is 84.5 Å². The second-order valence-electron chi connectivity index (χ2n) is 6.43. The Hall–Kier alpha value is -1.67. The van der Waals surface area contributed by atoms with Gasteiger partial charge in [0.15, 0.2) is 0 Å². The zero-order valence-corrected chi connectivity index (χ0v) is 14.3. The molecule has 2 N–H and O–H groups in total. The van der Waals surface area contributed by atoms with Crippen LogP contribution >= 0.6 is 0 Å². The standard InChI is InChI=1S/C16H21FN2O4S/c1-24(21,22)19-16(20)13-7-12(10-4-5-10)15(8-14(13)17)23-11-3-2-6-18-9-11/h7-8,10-11,18H,2-6,9H2,1H3,(H,19,20)/t11-/m1/s1. The van der Waals surface area contributed by atoms with Gasteiger partial charge in [0.1, 0.15) is 17.7 Å². The maximum atomic E-state index is 14.3. The molecule has 0 radical (unpaired) electrons. The van der Waals surface area contributed by atoms with Crippen LogP contribution in [0.1, 0.15) is 47.5 Å². The molecule has 1 aliphatic carbocycles. The van der Waals surface area contributed by atoms with Crippen molar-refractivity contribution in [1.82, 2.24) is 10.0 Å². The number of carbonyl (C=O) groups excluding carboxylic acids is 1. The molecule has 2 fully saturated rings. The van der Waals surface area contributed by atoms with Gasteiger partial charge in [0, 0.05) is 12.6 Å². The molecule has 0 aromatic heterocycles. The number of rotatable bonds is 5. The van der Waals surface area contributed by atoms with E-state index >= 15 is 0 Å². The molecule has 132 valence electrons. The summed E-state index contributed by atoms with van der Waals surface area (Å²) in [6.07, 6.45) is 4.65. The van der Waals surface area contributed by atoms with Gasteiger partial charge >= 0.3 is 0 Å². The summed E-state index contributed by atoms with van der Waals surface area (Å²) in [5, 5.41) is 3.24. The fourth-order valence-electron chi connectivity index (χ4n) is 2.88. The third kappa shape index (κ3) is 4.24. The van der Waals surface area contributed by atoms with Crippen LogP contribution in [0.3, 0.4) is 0 Å². The summed E-state index contributed by atoms with van der Waals surface area (Å²) in [5.74, 6) is -1.04. The van der Waals surface area contributed by atoms with Gasteiger partial charge in [-0.3, -0.25) is 4.79 Å². The molecule has 1 amide bonds. The molecule has 1 aromatic rings. The number of hydrogen-bond donors (Lipinski definition) is 2. The number of halogens is 1. The van der Waals surface area contributed by atoms with Crippen LogP contribution in [0.25, 0.3) is 0 Å². The van der Waals surface area contributed by atoms with Crippen molar-refractivity contribution in [2.24, 2.45) is 0 Å². The Kier molecular flexibility index (Phi) is 4.78. The van der Waals surface area contributed by atoms with Crippen molar-refractivity contribution in [2.45, 2.75) is 37.7 Å². The van der Waals surface area contributed by atoms with E-state index in [1.54, 1.807) is 4.72 Å². The number of benzene rings is 1. The van der Waals surface area contributed by atoms with Crippen LogP contribution in [-0.4, -0.2) is 39.8 Å². The van der Waals surface area contributed by atoms with E-state index in [4.69, 9.17) is 4.74 Å². The predicted molar refractivity (Wildman–Crippen MR) is 87.2 cm³/mol. The van der Waals surface area contributed by atoms with Crippen LogP contribution in [0.2, 0.25) is 0 Å². The summed E-state index contributed by atoms with van der Waals surface area (Å²) in [7, 11) is -3.74. The lowest BCUT2D eigenvalue weighted by molar-refractivity contribution is 0.0977. The molecule has 1 aliphatic heterocycles. The number of carbonyl (C=O) groups is 1. The molecule has 1 atom stereocenters. The number of piperidine rings is 1. The predicted octanol–water partition coefficient (Wildman–Crippen LogP) is 1.52. The molecule has 6 nitrogen and oxygen atoms in total. The monoisotopic (exact) mass is 356 g/mol. The van der Waals surface area contributed by atoms with E-state index in [1.807, 2.05) is 0 Å². The molecular weight excluding hydrogens is 335 g/mol. The highest BCUT2D eigenvalue weighted by Gasteiger charge is 2.30. The van der Waals surface area contributed by atoms with Crippen LogP contribution in [0.4, 0.5) is 4.39 Å². The van der Waals surface area contributed by atoms with Crippen molar-refractivity contribution in [3.8, 4) is 5.75 Å². The quantitative estimate of drug-likeness (QED) is 0.836. The third-order valence-corrected chi connectivity index (χ3v) is 4.74. The Morgan fingerprint density at radius 1 is 1.33 bits per heavy atom. The molecule has 0 unspecified atom stereocenters. The van der Waals surface area contributed by atoms with E-state index in [9.17, 15) is 17.6 Å². The molecule has 1 aromatic carbocycles. The molecular formula is C16H21FN2O4S. The Morgan fingerprint density at radius 3 is 2.67 bits per heavy atom. The summed E-state index contributed by atoms with van der Waals surface area (Å²) in [6, 6.07) is 2.64. The molecule has 8 heteroatoms. The molecule has 24 heavy (non-hydrogen) atoms. The third-order valence-electron chi connectivity index (χ3n) is 4.18. The lowest BCUT2D eigenvalue weighted by Gasteiger charge is -2.25. The molecule has 1 saturated carbocycles. The minimum absolute atomic E-state index is 0.0219. The van der Waals surface area contributed by atoms with E-state index in [0.29, 0.717) is 12.3 Å². The molecule has 1 heterocycles. The van der Waals surface area contributed by atoms with Gasteiger partial charge in [0.25, 0.3) is 5.91 Å². The minimum Gasteiger partial charge on any atom is -0.489 e. The lowest BCUT2D eigenvalue weighted by atomic mass is 10.0. The average molecular weight is 356 g/mol. The summed E-state index contributed by atoms with van der Waals surface area (Å²) >= 11 is 0. The van der Waals surface area contributed by atoms with Crippen molar-refractivity contribution in [1.29, 1.82) is 0 Å². The Labute approximate surface area is 140 Å². The summed E-state index contributed by atoms with van der Waals surface area (Å²) in [6.45, 7) is 1.66. The van der Waals surface area contributed by atoms with Gasteiger partial charge in [0.05, 0.1) is 11.8 Å². The van der Waals surface area contributed by atoms with Gasteiger partial charge in [-0.15, -0.1) is 0 Å². The fraction of sp³-hybridized carbons (Fsp3) is 0.562. The molecule has 2 aliphatic rings.